The van der Waals surface area contributed by atoms with Gasteiger partial charge in [-0.1, -0.05) is 29.8 Å². The molecule has 0 bridgehead atoms. The van der Waals surface area contributed by atoms with E-state index in [1.54, 1.807) is 10.9 Å². The maximum atomic E-state index is 5.90. The first-order chi connectivity index (χ1) is 9.54. The second-order valence-corrected chi connectivity index (χ2v) is 6.14. The van der Waals surface area contributed by atoms with Crippen LogP contribution in [-0.4, -0.2) is 16.3 Å². The Morgan fingerprint density at radius 1 is 1.40 bits per heavy atom. The Balaban J connectivity index is 2.10. The van der Waals surface area contributed by atoms with Crippen molar-refractivity contribution in [3.8, 4) is 11.5 Å². The lowest BCUT2D eigenvalue weighted by Crippen LogP contribution is -2.19. The summed E-state index contributed by atoms with van der Waals surface area (Å²) in [7, 11) is 1.87. The average Bonchev–Trinajstić information content (AvgIpc) is 2.78. The predicted molar refractivity (Wildman–Crippen MR) is 84.0 cm³/mol. The van der Waals surface area contributed by atoms with E-state index in [-0.39, 0.29) is 0 Å². The third-order valence-electron chi connectivity index (χ3n) is 2.80. The number of nitrogens with zero attached hydrogens (tertiary/aromatic N) is 2. The molecule has 0 aliphatic carbocycles. The molecule has 108 valence electrons. The normalized spacial score (nSPS) is 11.1. The maximum Gasteiger partial charge on any atom is 0.165 e. The molecule has 2 aromatic rings. The van der Waals surface area contributed by atoms with Crippen molar-refractivity contribution in [2.45, 2.75) is 20.4 Å². The molecule has 0 spiro atoms. The molecular weight excluding hydrogens is 318 g/mol. The van der Waals surface area contributed by atoms with Gasteiger partial charge in [0.15, 0.2) is 5.75 Å². The van der Waals surface area contributed by atoms with E-state index in [0.29, 0.717) is 5.92 Å². The summed E-state index contributed by atoms with van der Waals surface area (Å²) >= 11 is 3.51. The first kappa shape index (κ1) is 15.1. The van der Waals surface area contributed by atoms with Crippen LogP contribution in [0.25, 0.3) is 0 Å². The largest absolute Gasteiger partial charge is 0.454 e. The number of hydrogen-bond acceptors (Lipinski definition) is 3. The second kappa shape index (κ2) is 6.90. The molecular formula is C15H20BrN3O. The highest BCUT2D eigenvalue weighted by Crippen LogP contribution is 2.27. The highest BCUT2D eigenvalue weighted by atomic mass is 79.9. The summed E-state index contributed by atoms with van der Waals surface area (Å²) in [5, 5.41) is 7.55. The lowest BCUT2D eigenvalue weighted by molar-refractivity contribution is 0.468. The van der Waals surface area contributed by atoms with E-state index >= 15 is 0 Å². The van der Waals surface area contributed by atoms with Gasteiger partial charge < -0.3 is 10.1 Å². The SMILES string of the molecule is CC(C)CNCc1cc(Br)ccc1Oc1cnn(C)c1. The molecule has 1 heterocycles. The summed E-state index contributed by atoms with van der Waals surface area (Å²) in [4.78, 5) is 0. The quantitative estimate of drug-likeness (QED) is 0.873. The minimum absolute atomic E-state index is 0.629. The molecule has 5 heteroatoms. The Morgan fingerprint density at radius 2 is 2.20 bits per heavy atom. The van der Waals surface area contributed by atoms with Crippen molar-refractivity contribution in [1.82, 2.24) is 15.1 Å². The number of ether oxygens (including phenoxy) is 1. The molecule has 1 N–H and O–H groups in total. The van der Waals surface area contributed by atoms with Gasteiger partial charge in [0.2, 0.25) is 0 Å². The number of aromatic nitrogens is 2. The van der Waals surface area contributed by atoms with Crippen molar-refractivity contribution in [3.63, 3.8) is 0 Å². The van der Waals surface area contributed by atoms with Crippen LogP contribution in [0.5, 0.6) is 11.5 Å². The van der Waals surface area contributed by atoms with Crippen molar-refractivity contribution in [1.29, 1.82) is 0 Å². The van der Waals surface area contributed by atoms with Gasteiger partial charge in [-0.2, -0.15) is 5.10 Å². The zero-order valence-electron chi connectivity index (χ0n) is 12.1. The molecule has 0 aliphatic heterocycles. The van der Waals surface area contributed by atoms with Crippen LogP contribution in [0.15, 0.2) is 35.1 Å². The number of nitrogens with one attached hydrogen (secondary N) is 1. The standard InChI is InChI=1S/C15H20BrN3O/c1-11(2)7-17-8-12-6-13(16)4-5-15(12)20-14-9-18-19(3)10-14/h4-6,9-11,17H,7-8H2,1-3H3. The molecule has 20 heavy (non-hydrogen) atoms. The highest BCUT2D eigenvalue weighted by molar-refractivity contribution is 9.10. The molecule has 1 aromatic carbocycles. The van der Waals surface area contributed by atoms with E-state index in [4.69, 9.17) is 4.74 Å². The van der Waals surface area contributed by atoms with Gasteiger partial charge in [-0.05, 0) is 30.7 Å². The van der Waals surface area contributed by atoms with Crippen LogP contribution in [0.1, 0.15) is 19.4 Å². The molecule has 0 amide bonds. The van der Waals surface area contributed by atoms with E-state index in [2.05, 4.69) is 46.3 Å². The molecule has 0 aliphatic rings. The highest BCUT2D eigenvalue weighted by Gasteiger charge is 2.07. The van der Waals surface area contributed by atoms with E-state index in [1.807, 2.05) is 25.4 Å². The fourth-order valence-electron chi connectivity index (χ4n) is 1.86. The van der Waals surface area contributed by atoms with Gasteiger partial charge >= 0.3 is 0 Å². The van der Waals surface area contributed by atoms with Gasteiger partial charge in [0.1, 0.15) is 5.75 Å². The van der Waals surface area contributed by atoms with Gasteiger partial charge in [0.25, 0.3) is 0 Å². The van der Waals surface area contributed by atoms with E-state index in [1.165, 1.54) is 0 Å². The van der Waals surface area contributed by atoms with Crippen LogP contribution in [0, 0.1) is 5.92 Å². The topological polar surface area (TPSA) is 39.1 Å². The molecule has 0 saturated carbocycles. The Morgan fingerprint density at radius 3 is 2.85 bits per heavy atom. The van der Waals surface area contributed by atoms with E-state index in [9.17, 15) is 0 Å². The van der Waals surface area contributed by atoms with Crippen LogP contribution < -0.4 is 10.1 Å². The second-order valence-electron chi connectivity index (χ2n) is 5.23. The van der Waals surface area contributed by atoms with Crippen LogP contribution >= 0.6 is 15.9 Å². The number of aryl methyl sites for hydroxylation is 1. The van der Waals surface area contributed by atoms with Crippen molar-refractivity contribution in [3.05, 3.63) is 40.6 Å². The summed E-state index contributed by atoms with van der Waals surface area (Å²) in [5.74, 6) is 2.24. The van der Waals surface area contributed by atoms with Gasteiger partial charge in [-0.15, -0.1) is 0 Å². The van der Waals surface area contributed by atoms with Gasteiger partial charge in [-0.3, -0.25) is 4.68 Å². The monoisotopic (exact) mass is 337 g/mol. The fraction of sp³-hybridized carbons (Fsp3) is 0.400. The van der Waals surface area contributed by atoms with Crippen molar-refractivity contribution in [2.75, 3.05) is 6.54 Å². The summed E-state index contributed by atoms with van der Waals surface area (Å²) in [6.45, 7) is 6.16. The first-order valence-corrected chi connectivity index (χ1v) is 7.49. The van der Waals surface area contributed by atoms with Crippen LogP contribution in [0.2, 0.25) is 0 Å². The Kier molecular flexibility index (Phi) is 5.20. The van der Waals surface area contributed by atoms with Gasteiger partial charge in [0.05, 0.1) is 12.4 Å². The van der Waals surface area contributed by atoms with Crippen molar-refractivity contribution >= 4 is 15.9 Å². The lowest BCUT2D eigenvalue weighted by atomic mass is 10.2. The summed E-state index contributed by atoms with van der Waals surface area (Å²) in [6, 6.07) is 6.04. The number of rotatable bonds is 6. The Bertz CT molecular complexity index is 566. The minimum atomic E-state index is 0.629. The predicted octanol–water partition coefficient (Wildman–Crippen LogP) is 3.72. The summed E-state index contributed by atoms with van der Waals surface area (Å²) in [6.07, 6.45) is 3.57. The number of halogens is 1. The molecule has 0 fully saturated rings. The first-order valence-electron chi connectivity index (χ1n) is 6.70. The Hall–Kier alpha value is -1.33. The van der Waals surface area contributed by atoms with Gasteiger partial charge in [-0.25, -0.2) is 0 Å². The Labute approximate surface area is 128 Å². The molecule has 0 radical (unpaired) electrons. The molecule has 2 rings (SSSR count). The van der Waals surface area contributed by atoms with Crippen LogP contribution in [-0.2, 0) is 13.6 Å². The third kappa shape index (κ3) is 4.35. The zero-order valence-corrected chi connectivity index (χ0v) is 13.6. The molecule has 0 saturated heterocycles. The summed E-state index contributed by atoms with van der Waals surface area (Å²) in [5.41, 5.74) is 1.13. The van der Waals surface area contributed by atoms with E-state index < -0.39 is 0 Å². The third-order valence-corrected chi connectivity index (χ3v) is 3.29. The number of benzene rings is 1. The van der Waals surface area contributed by atoms with E-state index in [0.717, 1.165) is 34.6 Å². The van der Waals surface area contributed by atoms with Crippen LogP contribution in [0.3, 0.4) is 0 Å². The maximum absolute atomic E-state index is 5.90. The average molecular weight is 338 g/mol. The molecule has 0 atom stereocenters. The van der Waals surface area contributed by atoms with Crippen molar-refractivity contribution in [2.24, 2.45) is 13.0 Å². The minimum Gasteiger partial charge on any atom is -0.454 e. The van der Waals surface area contributed by atoms with Crippen LogP contribution in [0.4, 0.5) is 0 Å². The van der Waals surface area contributed by atoms with Gasteiger partial charge in [0, 0.05) is 23.6 Å². The number of hydrogen-bond donors (Lipinski definition) is 1. The fourth-order valence-corrected chi connectivity index (χ4v) is 2.27. The lowest BCUT2D eigenvalue weighted by Gasteiger charge is -2.12. The molecule has 0 unspecified atom stereocenters. The smallest absolute Gasteiger partial charge is 0.165 e. The summed E-state index contributed by atoms with van der Waals surface area (Å²) < 4.78 is 8.68. The zero-order chi connectivity index (χ0) is 14.5. The molecule has 1 aromatic heterocycles. The van der Waals surface area contributed by atoms with Crippen molar-refractivity contribution < 1.29 is 4.74 Å². The molecule has 4 nitrogen and oxygen atoms in total.